The van der Waals surface area contributed by atoms with Crippen LogP contribution in [0.25, 0.3) is 0 Å². The first-order chi connectivity index (χ1) is 13.1. The molecule has 4 heterocycles. The number of nitrogens with two attached hydrogens (primary N) is 1. The van der Waals surface area contributed by atoms with E-state index in [2.05, 4.69) is 23.7 Å². The third-order valence-electron chi connectivity index (χ3n) is 5.20. The molecule has 136 valence electrons. The van der Waals surface area contributed by atoms with Crippen molar-refractivity contribution in [3.63, 3.8) is 0 Å². The van der Waals surface area contributed by atoms with Crippen LogP contribution in [0.15, 0.2) is 41.5 Å². The Morgan fingerprint density at radius 2 is 2.04 bits per heavy atom. The van der Waals surface area contributed by atoms with E-state index in [0.29, 0.717) is 32.1 Å². The quantitative estimate of drug-likeness (QED) is 0.730. The zero-order chi connectivity index (χ0) is 18.5. The zero-order valence-electron chi connectivity index (χ0n) is 15.0. The molecule has 3 aliphatic heterocycles. The van der Waals surface area contributed by atoms with Crippen molar-refractivity contribution in [2.24, 2.45) is 16.1 Å². The van der Waals surface area contributed by atoms with Crippen LogP contribution < -0.4 is 10.5 Å². The topological polar surface area (TPSA) is 79.0 Å². The van der Waals surface area contributed by atoms with E-state index in [0.717, 1.165) is 22.4 Å². The number of benzene rings is 1. The van der Waals surface area contributed by atoms with E-state index in [9.17, 15) is 0 Å². The van der Waals surface area contributed by atoms with Gasteiger partial charge in [-0.05, 0) is 19.1 Å². The summed E-state index contributed by atoms with van der Waals surface area (Å²) in [6.07, 6.45) is 2.40. The number of pyridine rings is 1. The summed E-state index contributed by atoms with van der Waals surface area (Å²) >= 11 is 0. The van der Waals surface area contributed by atoms with E-state index in [1.54, 1.807) is 6.20 Å². The Balaban J connectivity index is 1.66. The number of para-hydroxylation sites is 1. The highest BCUT2D eigenvalue weighted by Crippen LogP contribution is 2.51. The summed E-state index contributed by atoms with van der Waals surface area (Å²) in [6.45, 7) is 3.90. The monoisotopic (exact) mass is 361 g/mol. The molecule has 1 fully saturated rings. The largest absolute Gasteiger partial charge is 0.465 e. The molecule has 1 atom stereocenters. The first-order valence-corrected chi connectivity index (χ1v) is 8.95. The minimum Gasteiger partial charge on any atom is -0.465 e. The van der Waals surface area contributed by atoms with Crippen LogP contribution in [0.4, 0.5) is 0 Å². The molecule has 5 rings (SSSR count). The maximum absolute atomic E-state index is 6.04. The first kappa shape index (κ1) is 16.2. The average molecular weight is 361 g/mol. The van der Waals surface area contributed by atoms with Gasteiger partial charge in [0.05, 0.1) is 25.2 Å². The molecule has 0 radical (unpaired) electrons. The van der Waals surface area contributed by atoms with Crippen LogP contribution >= 0.6 is 0 Å². The summed E-state index contributed by atoms with van der Waals surface area (Å²) in [5.74, 6) is 7.81. The molecule has 6 heteroatoms. The van der Waals surface area contributed by atoms with E-state index < -0.39 is 5.54 Å². The summed E-state index contributed by atoms with van der Waals surface area (Å²) in [5, 5.41) is 0. The number of amidine groups is 1. The highest BCUT2D eigenvalue weighted by molar-refractivity contribution is 5.74. The minimum atomic E-state index is -0.666. The molecule has 2 N–H and O–H groups in total. The van der Waals surface area contributed by atoms with Gasteiger partial charge in [0.25, 0.3) is 6.02 Å². The average Bonchev–Trinajstić information content (AvgIpc) is 2.65. The summed E-state index contributed by atoms with van der Waals surface area (Å²) < 4.78 is 16.7. The normalized spacial score (nSPS) is 24.1. The van der Waals surface area contributed by atoms with Crippen LogP contribution in [0.1, 0.15) is 30.0 Å². The Morgan fingerprint density at radius 3 is 2.81 bits per heavy atom. The smallest absolute Gasteiger partial charge is 0.283 e. The summed E-state index contributed by atoms with van der Waals surface area (Å²) in [6, 6.07) is 10.0. The van der Waals surface area contributed by atoms with Crippen molar-refractivity contribution in [3.05, 3.63) is 53.2 Å². The van der Waals surface area contributed by atoms with Crippen molar-refractivity contribution in [1.82, 2.24) is 4.98 Å². The van der Waals surface area contributed by atoms with Gasteiger partial charge in [-0.25, -0.2) is 9.98 Å². The molecular weight excluding hydrogens is 342 g/mol. The lowest BCUT2D eigenvalue weighted by Crippen LogP contribution is -2.39. The maximum atomic E-state index is 6.04. The number of fused-ring (bicyclic) bond motifs is 4. The van der Waals surface area contributed by atoms with Gasteiger partial charge in [-0.1, -0.05) is 30.0 Å². The van der Waals surface area contributed by atoms with E-state index in [1.165, 1.54) is 0 Å². The van der Waals surface area contributed by atoms with Crippen molar-refractivity contribution in [3.8, 4) is 23.5 Å². The lowest BCUT2D eigenvalue weighted by atomic mass is 9.78. The molecule has 0 bridgehead atoms. The molecule has 2 aromatic rings. The van der Waals surface area contributed by atoms with E-state index in [1.807, 2.05) is 30.3 Å². The number of aromatic nitrogens is 1. The Kier molecular flexibility index (Phi) is 3.43. The third kappa shape index (κ3) is 2.54. The summed E-state index contributed by atoms with van der Waals surface area (Å²) in [5.41, 5.74) is 7.87. The van der Waals surface area contributed by atoms with Crippen molar-refractivity contribution < 1.29 is 14.2 Å². The molecule has 27 heavy (non-hydrogen) atoms. The molecule has 1 saturated heterocycles. The Bertz CT molecular complexity index is 1020. The van der Waals surface area contributed by atoms with Crippen LogP contribution in [-0.4, -0.2) is 30.8 Å². The Hall–Kier alpha value is -3.04. The summed E-state index contributed by atoms with van der Waals surface area (Å²) in [4.78, 5) is 9.25. The van der Waals surface area contributed by atoms with Crippen LogP contribution in [0.3, 0.4) is 0 Å². The van der Waals surface area contributed by atoms with Gasteiger partial charge in [0.1, 0.15) is 11.3 Å². The number of ether oxygens (including phenoxy) is 3. The second-order valence-corrected chi connectivity index (χ2v) is 7.39. The predicted octanol–water partition coefficient (Wildman–Crippen LogP) is 2.55. The van der Waals surface area contributed by atoms with Gasteiger partial charge in [0.2, 0.25) is 5.88 Å². The standard InChI is InChI=1S/C21H19N3O3/c1-20(12-25-13-20)7-6-14-10-16-18(23-11-14)27-17-5-3-2-4-15(17)21(16)8-9-26-19(22)24-21/h2-5,10-11H,8-9,12-13H2,1H3,(H2,22,24). The maximum Gasteiger partial charge on any atom is 0.283 e. The second kappa shape index (κ2) is 5.73. The lowest BCUT2D eigenvalue weighted by molar-refractivity contribution is -0.0648. The molecule has 0 amide bonds. The Labute approximate surface area is 157 Å². The van der Waals surface area contributed by atoms with Crippen LogP contribution in [0.2, 0.25) is 0 Å². The number of nitrogens with zero attached hydrogens (tertiary/aromatic N) is 2. The number of rotatable bonds is 0. The molecule has 1 aromatic heterocycles. The van der Waals surface area contributed by atoms with Gasteiger partial charge in [0, 0.05) is 29.3 Å². The van der Waals surface area contributed by atoms with Crippen molar-refractivity contribution in [2.45, 2.75) is 18.9 Å². The molecule has 0 saturated carbocycles. The molecule has 1 spiro atoms. The van der Waals surface area contributed by atoms with Crippen molar-refractivity contribution in [1.29, 1.82) is 0 Å². The van der Waals surface area contributed by atoms with E-state index in [4.69, 9.17) is 24.9 Å². The fourth-order valence-corrected chi connectivity index (χ4v) is 3.72. The number of aliphatic imine (C=N–C) groups is 1. The van der Waals surface area contributed by atoms with Crippen molar-refractivity contribution in [2.75, 3.05) is 19.8 Å². The van der Waals surface area contributed by atoms with Gasteiger partial charge >= 0.3 is 0 Å². The fraction of sp³-hybridized carbons (Fsp3) is 0.333. The predicted molar refractivity (Wildman–Crippen MR) is 99.5 cm³/mol. The molecule has 0 aliphatic carbocycles. The van der Waals surface area contributed by atoms with Gasteiger partial charge < -0.3 is 19.9 Å². The molecule has 1 aromatic carbocycles. The van der Waals surface area contributed by atoms with E-state index >= 15 is 0 Å². The summed E-state index contributed by atoms with van der Waals surface area (Å²) in [7, 11) is 0. The highest BCUT2D eigenvalue weighted by atomic mass is 16.5. The minimum absolute atomic E-state index is 0.0854. The first-order valence-electron chi connectivity index (χ1n) is 8.95. The van der Waals surface area contributed by atoms with Gasteiger partial charge in [0.15, 0.2) is 0 Å². The number of hydrogen-bond donors (Lipinski definition) is 1. The van der Waals surface area contributed by atoms with Crippen molar-refractivity contribution >= 4 is 6.02 Å². The van der Waals surface area contributed by atoms with Gasteiger partial charge in [-0.2, -0.15) is 0 Å². The Morgan fingerprint density at radius 1 is 1.19 bits per heavy atom. The molecule has 6 nitrogen and oxygen atoms in total. The fourth-order valence-electron chi connectivity index (χ4n) is 3.72. The SMILES string of the molecule is CC1(C#Cc2cnc3c(c2)C2(CCOC(N)=N2)c2ccccc2O3)COC1. The van der Waals surface area contributed by atoms with E-state index in [-0.39, 0.29) is 11.4 Å². The molecule has 1 unspecified atom stereocenters. The second-order valence-electron chi connectivity index (χ2n) is 7.39. The van der Waals surface area contributed by atoms with Crippen LogP contribution in [-0.2, 0) is 15.0 Å². The lowest BCUT2D eigenvalue weighted by Gasteiger charge is -2.38. The third-order valence-corrected chi connectivity index (χ3v) is 5.20. The molecule has 3 aliphatic rings. The van der Waals surface area contributed by atoms with Crippen LogP contribution in [0, 0.1) is 17.3 Å². The highest BCUT2D eigenvalue weighted by Gasteiger charge is 2.45. The molecular formula is C21H19N3O3. The van der Waals surface area contributed by atoms with Gasteiger partial charge in [-0.3, -0.25) is 0 Å². The zero-order valence-corrected chi connectivity index (χ0v) is 15.0. The number of hydrogen-bond acceptors (Lipinski definition) is 6. The van der Waals surface area contributed by atoms with Gasteiger partial charge in [-0.15, -0.1) is 0 Å². The van der Waals surface area contributed by atoms with Crippen LogP contribution in [0.5, 0.6) is 11.6 Å².